The third-order valence-electron chi connectivity index (χ3n) is 7.01. The van der Waals surface area contributed by atoms with E-state index in [4.69, 9.17) is 0 Å². The zero-order chi connectivity index (χ0) is 22.6. The first-order valence-corrected chi connectivity index (χ1v) is 14.0. The van der Waals surface area contributed by atoms with Crippen molar-refractivity contribution in [2.45, 2.75) is 129 Å². The molecule has 0 heterocycles. The number of quaternary nitrogens is 2. The fraction of sp³-hybridized carbons (Fsp3) is 1.00. The van der Waals surface area contributed by atoms with Gasteiger partial charge in [0.05, 0.1) is 54.4 Å². The molecule has 0 N–H and O–H groups in total. The van der Waals surface area contributed by atoms with Crippen LogP contribution in [0.4, 0.5) is 0 Å². The predicted molar refractivity (Wildman–Crippen MR) is 138 cm³/mol. The summed E-state index contributed by atoms with van der Waals surface area (Å²) in [5, 5.41) is 0. The maximum absolute atomic E-state index is 2.44. The first-order valence-electron chi connectivity index (χ1n) is 14.0. The van der Waals surface area contributed by atoms with E-state index in [1.54, 1.807) is 0 Å². The molecule has 0 fully saturated rings. The average Bonchev–Trinajstić information content (AvgIpc) is 2.69. The highest BCUT2D eigenvalue weighted by Gasteiger charge is 2.15. The van der Waals surface area contributed by atoms with Crippen molar-refractivity contribution in [1.82, 2.24) is 0 Å². The molecule has 2 nitrogen and oxygen atoms in total. The van der Waals surface area contributed by atoms with Gasteiger partial charge in [-0.25, -0.2) is 0 Å². The molecule has 4 heteroatoms. The molecule has 0 aliphatic carbocycles. The topological polar surface area (TPSA) is 0 Å². The molecule has 0 aliphatic rings. The molecule has 198 valence electrons. The summed E-state index contributed by atoms with van der Waals surface area (Å²) < 4.78 is 2.47. The normalized spacial score (nSPS) is 11.8. The van der Waals surface area contributed by atoms with Gasteiger partial charge in [-0.2, -0.15) is 0 Å². The summed E-state index contributed by atoms with van der Waals surface area (Å²) in [5.41, 5.74) is 0. The number of nitrogens with zero attached hydrogens (tertiary/aromatic N) is 2. The second-order valence-electron chi connectivity index (χ2n) is 11.4. The van der Waals surface area contributed by atoms with Crippen LogP contribution in [-0.4, -0.2) is 63.3 Å². The molecule has 0 aromatic rings. The van der Waals surface area contributed by atoms with Gasteiger partial charge in [0.1, 0.15) is 0 Å². The lowest BCUT2D eigenvalue weighted by molar-refractivity contribution is -0.890. The SMILES string of the molecule is CCCCCCCC[N+](C)(C)CCCCCCCC[N+](C)(C)CCCCCCCC.[I-].[I-]. The van der Waals surface area contributed by atoms with Crippen molar-refractivity contribution in [2.75, 3.05) is 54.4 Å². The van der Waals surface area contributed by atoms with Crippen molar-refractivity contribution in [2.24, 2.45) is 0 Å². The molecule has 32 heavy (non-hydrogen) atoms. The van der Waals surface area contributed by atoms with Gasteiger partial charge >= 0.3 is 0 Å². The monoisotopic (exact) mass is 680 g/mol. The largest absolute Gasteiger partial charge is 1.00 e. The molecule has 0 atom stereocenters. The van der Waals surface area contributed by atoms with Crippen LogP contribution in [0.25, 0.3) is 0 Å². The molecule has 0 saturated carbocycles. The third kappa shape index (κ3) is 27.6. The third-order valence-corrected chi connectivity index (χ3v) is 7.01. The first kappa shape index (κ1) is 37.9. The lowest BCUT2D eigenvalue weighted by Gasteiger charge is -2.30. The highest BCUT2D eigenvalue weighted by atomic mass is 127. The molecule has 0 rings (SSSR count). The van der Waals surface area contributed by atoms with Gasteiger partial charge in [0, 0.05) is 0 Å². The Bertz CT molecular complexity index is 325. The van der Waals surface area contributed by atoms with Crippen molar-refractivity contribution in [3.8, 4) is 0 Å². The molecular weight excluding hydrogens is 618 g/mol. The minimum atomic E-state index is 0. The molecule has 0 spiro atoms. The summed E-state index contributed by atoms with van der Waals surface area (Å²) >= 11 is 0. The van der Waals surface area contributed by atoms with E-state index in [0.29, 0.717) is 0 Å². The Balaban J connectivity index is -0.00000420. The molecule has 0 radical (unpaired) electrons. The minimum absolute atomic E-state index is 0. The Hall–Kier alpha value is 1.38. The van der Waals surface area contributed by atoms with Crippen LogP contribution in [0, 0.1) is 0 Å². The molecule has 0 amide bonds. The fourth-order valence-corrected chi connectivity index (χ4v) is 4.65. The van der Waals surface area contributed by atoms with E-state index in [2.05, 4.69) is 42.0 Å². The molecule has 0 saturated heterocycles. The number of hydrogen-bond acceptors (Lipinski definition) is 0. The van der Waals surface area contributed by atoms with E-state index in [-0.39, 0.29) is 48.0 Å². The Morgan fingerprint density at radius 2 is 0.500 bits per heavy atom. The Labute approximate surface area is 239 Å². The van der Waals surface area contributed by atoms with Gasteiger partial charge in [-0.3, -0.25) is 0 Å². The van der Waals surface area contributed by atoms with Gasteiger partial charge in [0.2, 0.25) is 0 Å². The Morgan fingerprint density at radius 3 is 0.719 bits per heavy atom. The van der Waals surface area contributed by atoms with Crippen LogP contribution in [0.3, 0.4) is 0 Å². The van der Waals surface area contributed by atoms with Crippen molar-refractivity contribution >= 4 is 0 Å². The summed E-state index contributed by atoms with van der Waals surface area (Å²) in [4.78, 5) is 0. The lowest BCUT2D eigenvalue weighted by atomic mass is 10.1. The van der Waals surface area contributed by atoms with Crippen LogP contribution in [0.5, 0.6) is 0 Å². The highest BCUT2D eigenvalue weighted by molar-refractivity contribution is 4.49. The second kappa shape index (κ2) is 25.5. The van der Waals surface area contributed by atoms with Gasteiger partial charge < -0.3 is 56.9 Å². The second-order valence-corrected chi connectivity index (χ2v) is 11.4. The Morgan fingerprint density at radius 1 is 0.312 bits per heavy atom. The van der Waals surface area contributed by atoms with Gasteiger partial charge in [0.15, 0.2) is 0 Å². The van der Waals surface area contributed by atoms with Crippen LogP contribution >= 0.6 is 0 Å². The van der Waals surface area contributed by atoms with E-state index >= 15 is 0 Å². The average molecular weight is 681 g/mol. The van der Waals surface area contributed by atoms with Crippen LogP contribution in [0.2, 0.25) is 0 Å². The van der Waals surface area contributed by atoms with E-state index in [0.717, 1.165) is 0 Å². The number of unbranched alkanes of at least 4 members (excludes halogenated alkanes) is 15. The highest BCUT2D eigenvalue weighted by Crippen LogP contribution is 2.13. The van der Waals surface area contributed by atoms with Gasteiger partial charge in [0.25, 0.3) is 0 Å². The van der Waals surface area contributed by atoms with Crippen molar-refractivity contribution in [1.29, 1.82) is 0 Å². The number of halogens is 2. The summed E-state index contributed by atoms with van der Waals surface area (Å²) in [6.07, 6.45) is 25.7. The molecular formula is C28H62I2N2. The van der Waals surface area contributed by atoms with Crippen LogP contribution < -0.4 is 48.0 Å². The van der Waals surface area contributed by atoms with E-state index in [9.17, 15) is 0 Å². The van der Waals surface area contributed by atoms with Crippen molar-refractivity contribution in [3.63, 3.8) is 0 Å². The molecule has 0 bridgehead atoms. The number of hydrogen-bond donors (Lipinski definition) is 0. The first-order chi connectivity index (χ1) is 14.3. The molecule has 0 unspecified atom stereocenters. The summed E-state index contributed by atoms with van der Waals surface area (Å²) in [6.45, 7) is 10.1. The van der Waals surface area contributed by atoms with E-state index in [1.807, 2.05) is 0 Å². The summed E-state index contributed by atoms with van der Waals surface area (Å²) in [6, 6.07) is 0. The zero-order valence-corrected chi connectivity index (χ0v) is 27.5. The van der Waals surface area contributed by atoms with Crippen LogP contribution in [0.15, 0.2) is 0 Å². The van der Waals surface area contributed by atoms with Gasteiger partial charge in [-0.15, -0.1) is 0 Å². The smallest absolute Gasteiger partial charge is 0.0782 e. The number of rotatable bonds is 23. The zero-order valence-electron chi connectivity index (χ0n) is 23.2. The summed E-state index contributed by atoms with van der Waals surface area (Å²) in [7, 11) is 9.76. The summed E-state index contributed by atoms with van der Waals surface area (Å²) in [5.74, 6) is 0. The molecule has 0 aromatic heterocycles. The molecule has 0 aliphatic heterocycles. The maximum atomic E-state index is 2.44. The van der Waals surface area contributed by atoms with Crippen molar-refractivity contribution < 1.29 is 56.9 Å². The van der Waals surface area contributed by atoms with Crippen LogP contribution in [-0.2, 0) is 0 Å². The van der Waals surface area contributed by atoms with E-state index in [1.165, 1.54) is 151 Å². The van der Waals surface area contributed by atoms with Gasteiger partial charge in [-0.1, -0.05) is 78.1 Å². The van der Waals surface area contributed by atoms with Crippen LogP contribution in [0.1, 0.15) is 129 Å². The quantitative estimate of drug-likeness (QED) is 0.0884. The van der Waals surface area contributed by atoms with E-state index < -0.39 is 0 Å². The predicted octanol–water partition coefficient (Wildman–Crippen LogP) is 2.21. The minimum Gasteiger partial charge on any atom is -1.00 e. The van der Waals surface area contributed by atoms with Gasteiger partial charge in [-0.05, 0) is 51.4 Å². The maximum Gasteiger partial charge on any atom is 0.0782 e. The van der Waals surface area contributed by atoms with Crippen molar-refractivity contribution in [3.05, 3.63) is 0 Å². The standard InChI is InChI=1S/C28H62N2.2HI/c1-7-9-11-13-17-21-25-29(3,4)27-23-19-15-16-20-24-28-30(5,6)26-22-18-14-12-10-8-2;;/h7-28H2,1-6H3;2*1H/q+2;;/p-2. The fourth-order valence-electron chi connectivity index (χ4n) is 4.65. The Kier molecular flexibility index (Phi) is 30.2. The molecule has 0 aromatic carbocycles. The lowest BCUT2D eigenvalue weighted by Crippen LogP contribution is -3.00.